The number of benzene rings is 1. The number of hydrogen-bond donors (Lipinski definition) is 0. The van der Waals surface area contributed by atoms with Gasteiger partial charge in [-0.2, -0.15) is 0 Å². The number of thiazole rings is 1. The van der Waals surface area contributed by atoms with Crippen LogP contribution in [0.3, 0.4) is 0 Å². The third kappa shape index (κ3) is 3.06. The van der Waals surface area contributed by atoms with Crippen molar-refractivity contribution in [3.8, 4) is 5.75 Å². The number of ether oxygens (including phenoxy) is 1. The van der Waals surface area contributed by atoms with E-state index in [1.165, 1.54) is 29.1 Å². The zero-order valence-corrected chi connectivity index (χ0v) is 15.2. The second-order valence-electron chi connectivity index (χ2n) is 6.04. The standard InChI is InChI=1S/C17H14ClN3O4S/c18-12-8-11(21(23)24)5-6-14(12)25-9-10-7-16(22)20-13-3-1-2-4-15(13)26-17(20)19-10/h5-8H,1-4,9H2. The van der Waals surface area contributed by atoms with Crippen LogP contribution in [0.1, 0.15) is 29.1 Å². The van der Waals surface area contributed by atoms with E-state index in [9.17, 15) is 14.9 Å². The first kappa shape index (κ1) is 17.0. The second-order valence-corrected chi connectivity index (χ2v) is 7.51. The lowest BCUT2D eigenvalue weighted by atomic mass is 10.0. The quantitative estimate of drug-likeness (QED) is 0.499. The Balaban J connectivity index is 1.60. The molecule has 26 heavy (non-hydrogen) atoms. The SMILES string of the molecule is O=c1cc(COc2ccc([N+](=O)[O-])cc2Cl)nc2sc3c(n12)CCCC3. The molecule has 1 aliphatic rings. The van der Waals surface area contributed by atoms with Gasteiger partial charge in [-0.25, -0.2) is 4.98 Å². The van der Waals surface area contributed by atoms with Gasteiger partial charge >= 0.3 is 0 Å². The molecule has 0 aliphatic heterocycles. The fourth-order valence-electron chi connectivity index (χ4n) is 3.09. The first-order valence-electron chi connectivity index (χ1n) is 8.13. The normalized spacial score (nSPS) is 13.6. The van der Waals surface area contributed by atoms with E-state index < -0.39 is 4.92 Å². The van der Waals surface area contributed by atoms with Gasteiger partial charge in [0.05, 0.1) is 15.6 Å². The first-order chi connectivity index (χ1) is 12.5. The molecule has 2 aromatic heterocycles. The largest absolute Gasteiger partial charge is 0.486 e. The van der Waals surface area contributed by atoms with Crippen LogP contribution >= 0.6 is 22.9 Å². The number of non-ortho nitro benzene ring substituents is 1. The van der Waals surface area contributed by atoms with Crippen molar-refractivity contribution in [2.45, 2.75) is 32.3 Å². The Hall–Kier alpha value is -2.45. The molecule has 0 N–H and O–H groups in total. The highest BCUT2D eigenvalue weighted by Gasteiger charge is 2.18. The molecule has 7 nitrogen and oxygen atoms in total. The van der Waals surface area contributed by atoms with Crippen molar-refractivity contribution in [3.63, 3.8) is 0 Å². The van der Waals surface area contributed by atoms with Crippen molar-refractivity contribution in [2.24, 2.45) is 0 Å². The van der Waals surface area contributed by atoms with Crippen LogP contribution in [-0.4, -0.2) is 14.3 Å². The molecule has 1 aliphatic carbocycles. The number of rotatable bonds is 4. The summed E-state index contributed by atoms with van der Waals surface area (Å²) in [7, 11) is 0. The van der Waals surface area contributed by atoms with E-state index in [2.05, 4.69) is 4.98 Å². The molecule has 0 fully saturated rings. The summed E-state index contributed by atoms with van der Waals surface area (Å²) in [5.74, 6) is 0.310. The molecule has 9 heteroatoms. The van der Waals surface area contributed by atoms with Crippen LogP contribution in [0.5, 0.6) is 5.75 Å². The molecule has 4 rings (SSSR count). The highest BCUT2D eigenvalue weighted by molar-refractivity contribution is 7.17. The molecule has 0 amide bonds. The minimum absolute atomic E-state index is 0.0613. The maximum atomic E-state index is 12.5. The summed E-state index contributed by atoms with van der Waals surface area (Å²) in [6, 6.07) is 5.46. The number of fused-ring (bicyclic) bond motifs is 3. The topological polar surface area (TPSA) is 86.7 Å². The van der Waals surface area contributed by atoms with Gasteiger partial charge in [-0.05, 0) is 31.7 Å². The van der Waals surface area contributed by atoms with Crippen LogP contribution in [0.4, 0.5) is 5.69 Å². The lowest BCUT2D eigenvalue weighted by Gasteiger charge is -2.10. The van der Waals surface area contributed by atoms with Gasteiger partial charge in [-0.1, -0.05) is 11.6 Å². The van der Waals surface area contributed by atoms with Crippen LogP contribution in [0.25, 0.3) is 4.96 Å². The van der Waals surface area contributed by atoms with E-state index in [0.29, 0.717) is 16.4 Å². The van der Waals surface area contributed by atoms with E-state index in [4.69, 9.17) is 16.3 Å². The van der Waals surface area contributed by atoms with Gasteiger partial charge in [0.25, 0.3) is 11.2 Å². The van der Waals surface area contributed by atoms with Gasteiger partial charge in [-0.3, -0.25) is 19.3 Å². The molecule has 3 aromatic rings. The third-order valence-electron chi connectivity index (χ3n) is 4.32. The van der Waals surface area contributed by atoms with Gasteiger partial charge in [0.15, 0.2) is 4.96 Å². The Morgan fingerprint density at radius 2 is 2.12 bits per heavy atom. The predicted molar refractivity (Wildman–Crippen MR) is 98.4 cm³/mol. The number of aromatic nitrogens is 2. The van der Waals surface area contributed by atoms with Crippen LogP contribution < -0.4 is 10.3 Å². The molecule has 0 atom stereocenters. The highest BCUT2D eigenvalue weighted by atomic mass is 35.5. The lowest BCUT2D eigenvalue weighted by Crippen LogP contribution is -2.18. The number of aryl methyl sites for hydroxylation is 2. The number of halogens is 1. The van der Waals surface area contributed by atoms with Crippen LogP contribution in [0.2, 0.25) is 5.02 Å². The lowest BCUT2D eigenvalue weighted by molar-refractivity contribution is -0.384. The van der Waals surface area contributed by atoms with Crippen molar-refractivity contribution in [1.82, 2.24) is 9.38 Å². The average molecular weight is 392 g/mol. The molecule has 0 bridgehead atoms. The summed E-state index contributed by atoms with van der Waals surface area (Å²) in [6.07, 6.45) is 4.14. The highest BCUT2D eigenvalue weighted by Crippen LogP contribution is 2.30. The number of hydrogen-bond acceptors (Lipinski definition) is 6. The van der Waals surface area contributed by atoms with Gasteiger partial charge in [0.2, 0.25) is 0 Å². The first-order valence-corrected chi connectivity index (χ1v) is 9.32. The zero-order valence-electron chi connectivity index (χ0n) is 13.6. The van der Waals surface area contributed by atoms with E-state index in [-0.39, 0.29) is 22.9 Å². The molecule has 134 valence electrons. The van der Waals surface area contributed by atoms with E-state index in [1.807, 2.05) is 0 Å². The molecule has 0 spiro atoms. The Kier molecular flexibility index (Phi) is 4.37. The van der Waals surface area contributed by atoms with Crippen molar-refractivity contribution >= 4 is 33.6 Å². The predicted octanol–water partition coefficient (Wildman–Crippen LogP) is 3.78. The number of nitrogens with zero attached hydrogens (tertiary/aromatic N) is 3. The fourth-order valence-corrected chi connectivity index (χ4v) is 4.55. The summed E-state index contributed by atoms with van der Waals surface area (Å²) < 4.78 is 7.30. The molecular formula is C17H14ClN3O4S. The molecule has 0 saturated carbocycles. The number of nitro groups is 1. The van der Waals surface area contributed by atoms with E-state index >= 15 is 0 Å². The minimum atomic E-state index is -0.523. The summed E-state index contributed by atoms with van der Waals surface area (Å²) in [4.78, 5) is 29.2. The average Bonchev–Trinajstić information content (AvgIpc) is 2.99. The van der Waals surface area contributed by atoms with Crippen LogP contribution in [0, 0.1) is 10.1 Å². The van der Waals surface area contributed by atoms with Gasteiger partial charge in [-0.15, -0.1) is 11.3 Å². The number of nitro benzene ring substituents is 1. The van der Waals surface area contributed by atoms with Crippen molar-refractivity contribution < 1.29 is 9.66 Å². The third-order valence-corrected chi connectivity index (χ3v) is 5.75. The fraction of sp³-hybridized carbons (Fsp3) is 0.294. The maximum Gasteiger partial charge on any atom is 0.271 e. The Morgan fingerprint density at radius 1 is 1.31 bits per heavy atom. The van der Waals surface area contributed by atoms with Crippen molar-refractivity contribution in [1.29, 1.82) is 0 Å². The Morgan fingerprint density at radius 3 is 2.88 bits per heavy atom. The summed E-state index contributed by atoms with van der Waals surface area (Å²) in [5.41, 5.74) is 1.37. The minimum Gasteiger partial charge on any atom is -0.486 e. The van der Waals surface area contributed by atoms with E-state index in [0.717, 1.165) is 31.4 Å². The van der Waals surface area contributed by atoms with Crippen LogP contribution in [-0.2, 0) is 19.4 Å². The molecule has 1 aromatic carbocycles. The second kappa shape index (κ2) is 6.69. The Bertz CT molecular complexity index is 1080. The monoisotopic (exact) mass is 391 g/mol. The summed E-state index contributed by atoms with van der Waals surface area (Å²) >= 11 is 7.57. The Labute approximate surface area is 157 Å². The van der Waals surface area contributed by atoms with Crippen molar-refractivity contribution in [3.05, 3.63) is 66.0 Å². The van der Waals surface area contributed by atoms with Crippen molar-refractivity contribution in [2.75, 3.05) is 0 Å². The maximum absolute atomic E-state index is 12.5. The zero-order chi connectivity index (χ0) is 18.3. The molecule has 0 saturated heterocycles. The smallest absolute Gasteiger partial charge is 0.271 e. The molecule has 0 unspecified atom stereocenters. The summed E-state index contributed by atoms with van der Waals surface area (Å²) in [5, 5.41) is 10.9. The van der Waals surface area contributed by atoms with Gasteiger partial charge in [0.1, 0.15) is 12.4 Å². The molecule has 0 radical (unpaired) electrons. The van der Waals surface area contributed by atoms with E-state index in [1.54, 1.807) is 15.7 Å². The molecule has 2 heterocycles. The van der Waals surface area contributed by atoms with Gasteiger partial charge < -0.3 is 4.74 Å². The summed E-state index contributed by atoms with van der Waals surface area (Å²) in [6.45, 7) is 0.0613. The van der Waals surface area contributed by atoms with Crippen LogP contribution in [0.15, 0.2) is 29.1 Å². The van der Waals surface area contributed by atoms with Gasteiger partial charge in [0, 0.05) is 28.8 Å². The molecular weight excluding hydrogens is 378 g/mol.